The van der Waals surface area contributed by atoms with Gasteiger partial charge in [0.1, 0.15) is 6.54 Å². The molecule has 1 fully saturated rings. The van der Waals surface area contributed by atoms with Gasteiger partial charge in [-0.3, -0.25) is 23.5 Å². The van der Waals surface area contributed by atoms with Gasteiger partial charge in [-0.25, -0.2) is 4.79 Å². The fourth-order valence-electron chi connectivity index (χ4n) is 4.44. The molecule has 2 amide bonds. The van der Waals surface area contributed by atoms with E-state index in [1.807, 2.05) is 0 Å². The maximum Gasteiger partial charge on any atom is 0.331 e. The standard InChI is InChI=1S/C25H25Cl3N4O4/c26-15-8-10-21-18(12-15)24(35)31(11-3-6-22(33)29-17-4-1-2-5-17)25(36)32(21)14-23(34)30-20-9-7-16(27)13-19(20)28/h7-10,12-13,17H,1-6,11,14H2,(H,29,33)(H,30,34). The number of nitrogens with one attached hydrogen (secondary N) is 2. The Balaban J connectivity index is 1.57. The lowest BCUT2D eigenvalue weighted by molar-refractivity contribution is -0.122. The summed E-state index contributed by atoms with van der Waals surface area (Å²) in [6, 6.07) is 9.37. The fourth-order valence-corrected chi connectivity index (χ4v) is 5.07. The summed E-state index contributed by atoms with van der Waals surface area (Å²) in [5, 5.41) is 6.86. The van der Waals surface area contributed by atoms with Crippen molar-refractivity contribution < 1.29 is 9.59 Å². The fraction of sp³-hybridized carbons (Fsp3) is 0.360. The average Bonchev–Trinajstić information content (AvgIpc) is 3.34. The maximum absolute atomic E-state index is 13.3. The van der Waals surface area contributed by atoms with Crippen LogP contribution in [0.3, 0.4) is 0 Å². The van der Waals surface area contributed by atoms with Gasteiger partial charge in [0.25, 0.3) is 5.56 Å². The Labute approximate surface area is 222 Å². The van der Waals surface area contributed by atoms with Crippen LogP contribution in [-0.4, -0.2) is 27.0 Å². The van der Waals surface area contributed by atoms with E-state index in [1.165, 1.54) is 22.8 Å². The van der Waals surface area contributed by atoms with Gasteiger partial charge >= 0.3 is 5.69 Å². The number of fused-ring (bicyclic) bond motifs is 1. The molecule has 1 aliphatic carbocycles. The van der Waals surface area contributed by atoms with E-state index < -0.39 is 17.2 Å². The maximum atomic E-state index is 13.3. The predicted octanol–water partition coefficient (Wildman–Crippen LogP) is 4.60. The number of anilines is 1. The molecule has 0 radical (unpaired) electrons. The van der Waals surface area contributed by atoms with E-state index in [9.17, 15) is 19.2 Å². The van der Waals surface area contributed by atoms with Crippen LogP contribution in [0.5, 0.6) is 0 Å². The van der Waals surface area contributed by atoms with Crippen LogP contribution in [0.1, 0.15) is 38.5 Å². The molecule has 8 nitrogen and oxygen atoms in total. The molecule has 1 aromatic heterocycles. The first-order valence-corrected chi connectivity index (χ1v) is 12.8. The molecule has 11 heteroatoms. The number of benzene rings is 2. The first-order chi connectivity index (χ1) is 17.2. The smallest absolute Gasteiger partial charge is 0.331 e. The minimum atomic E-state index is -0.650. The van der Waals surface area contributed by atoms with Crippen molar-refractivity contribution in [3.8, 4) is 0 Å². The topological polar surface area (TPSA) is 102 Å². The van der Waals surface area contributed by atoms with Crippen molar-refractivity contribution >= 4 is 63.2 Å². The van der Waals surface area contributed by atoms with E-state index in [-0.39, 0.29) is 47.4 Å². The summed E-state index contributed by atoms with van der Waals surface area (Å²) in [5.74, 6) is -0.614. The molecular formula is C25H25Cl3N4O4. The minimum absolute atomic E-state index is 0.0306. The zero-order chi connectivity index (χ0) is 25.8. The minimum Gasteiger partial charge on any atom is -0.353 e. The largest absolute Gasteiger partial charge is 0.353 e. The summed E-state index contributed by atoms with van der Waals surface area (Å²) in [6.45, 7) is -0.332. The van der Waals surface area contributed by atoms with Crippen molar-refractivity contribution in [2.75, 3.05) is 5.32 Å². The second-order valence-electron chi connectivity index (χ2n) is 8.81. The number of hydrogen-bond donors (Lipinski definition) is 2. The van der Waals surface area contributed by atoms with Crippen molar-refractivity contribution in [3.63, 3.8) is 0 Å². The van der Waals surface area contributed by atoms with E-state index in [4.69, 9.17) is 34.8 Å². The van der Waals surface area contributed by atoms with Gasteiger partial charge in [-0.15, -0.1) is 0 Å². The molecular weight excluding hydrogens is 527 g/mol. The van der Waals surface area contributed by atoms with Gasteiger partial charge in [-0.1, -0.05) is 47.6 Å². The Morgan fingerprint density at radius 1 is 0.917 bits per heavy atom. The number of aromatic nitrogens is 2. The van der Waals surface area contributed by atoms with Crippen LogP contribution in [0, 0.1) is 0 Å². The van der Waals surface area contributed by atoms with Crippen LogP contribution >= 0.6 is 34.8 Å². The van der Waals surface area contributed by atoms with Crippen molar-refractivity contribution in [2.45, 2.75) is 57.7 Å². The van der Waals surface area contributed by atoms with E-state index in [2.05, 4.69) is 10.6 Å². The summed E-state index contributed by atoms with van der Waals surface area (Å²) in [6.07, 6.45) is 4.65. The average molecular weight is 552 g/mol. The zero-order valence-electron chi connectivity index (χ0n) is 19.4. The molecule has 0 spiro atoms. The predicted molar refractivity (Wildman–Crippen MR) is 142 cm³/mol. The molecule has 1 heterocycles. The summed E-state index contributed by atoms with van der Waals surface area (Å²) in [5.41, 5.74) is -0.551. The van der Waals surface area contributed by atoms with E-state index in [0.29, 0.717) is 22.2 Å². The highest BCUT2D eigenvalue weighted by molar-refractivity contribution is 6.36. The van der Waals surface area contributed by atoms with Crippen LogP contribution < -0.4 is 21.9 Å². The van der Waals surface area contributed by atoms with E-state index >= 15 is 0 Å². The van der Waals surface area contributed by atoms with Gasteiger partial charge in [0.2, 0.25) is 11.8 Å². The lowest BCUT2D eigenvalue weighted by atomic mass is 10.2. The number of amides is 2. The molecule has 1 saturated carbocycles. The SMILES string of the molecule is O=C(Cn1c(=O)n(CCCC(=O)NC2CCCC2)c(=O)c2cc(Cl)ccc21)Nc1ccc(Cl)cc1Cl. The third-order valence-electron chi connectivity index (χ3n) is 6.20. The number of rotatable bonds is 8. The molecule has 0 unspecified atom stereocenters. The third kappa shape index (κ3) is 6.11. The number of carbonyl (C=O) groups excluding carboxylic acids is 2. The molecule has 4 rings (SSSR count). The van der Waals surface area contributed by atoms with E-state index in [0.717, 1.165) is 30.3 Å². The third-order valence-corrected chi connectivity index (χ3v) is 6.98. The van der Waals surface area contributed by atoms with Crippen LogP contribution in [0.2, 0.25) is 15.1 Å². The van der Waals surface area contributed by atoms with Crippen LogP contribution in [0.4, 0.5) is 5.69 Å². The Morgan fingerprint density at radius 3 is 2.33 bits per heavy atom. The summed E-state index contributed by atoms with van der Waals surface area (Å²) >= 11 is 18.2. The molecule has 2 aromatic carbocycles. The van der Waals surface area contributed by atoms with Crippen molar-refractivity contribution in [3.05, 3.63) is 72.3 Å². The zero-order valence-corrected chi connectivity index (χ0v) is 21.6. The van der Waals surface area contributed by atoms with Gasteiger partial charge in [-0.2, -0.15) is 0 Å². The lowest BCUT2D eigenvalue weighted by Gasteiger charge is -2.15. The normalized spacial score (nSPS) is 13.8. The number of hydrogen-bond acceptors (Lipinski definition) is 4. The number of nitrogens with zero attached hydrogens (tertiary/aromatic N) is 2. The Morgan fingerprint density at radius 2 is 1.61 bits per heavy atom. The van der Waals surface area contributed by atoms with Crippen molar-refractivity contribution in [1.82, 2.24) is 14.5 Å². The highest BCUT2D eigenvalue weighted by Crippen LogP contribution is 2.25. The van der Waals surface area contributed by atoms with Gasteiger partial charge < -0.3 is 10.6 Å². The first kappa shape index (κ1) is 26.3. The molecule has 2 N–H and O–H groups in total. The van der Waals surface area contributed by atoms with Gasteiger partial charge in [0.15, 0.2) is 0 Å². The molecule has 0 atom stereocenters. The molecule has 1 aliphatic rings. The van der Waals surface area contributed by atoms with Gasteiger partial charge in [0.05, 0.1) is 21.6 Å². The molecule has 36 heavy (non-hydrogen) atoms. The second-order valence-corrected chi connectivity index (χ2v) is 10.1. The summed E-state index contributed by atoms with van der Waals surface area (Å²) in [7, 11) is 0. The number of carbonyl (C=O) groups is 2. The van der Waals surface area contributed by atoms with Crippen LogP contribution in [0.25, 0.3) is 10.9 Å². The Hall–Kier alpha value is -2.81. The second kappa shape index (κ2) is 11.5. The number of halogens is 3. The Kier molecular flexibility index (Phi) is 8.39. The quantitative estimate of drug-likeness (QED) is 0.427. The monoisotopic (exact) mass is 550 g/mol. The highest BCUT2D eigenvalue weighted by atomic mass is 35.5. The van der Waals surface area contributed by atoms with Crippen molar-refractivity contribution in [1.29, 1.82) is 0 Å². The molecule has 0 saturated heterocycles. The highest BCUT2D eigenvalue weighted by Gasteiger charge is 2.19. The van der Waals surface area contributed by atoms with Crippen LogP contribution in [0.15, 0.2) is 46.0 Å². The lowest BCUT2D eigenvalue weighted by Crippen LogP contribution is -2.42. The molecule has 190 valence electrons. The summed E-state index contributed by atoms with van der Waals surface area (Å²) in [4.78, 5) is 51.5. The van der Waals surface area contributed by atoms with E-state index in [1.54, 1.807) is 18.2 Å². The van der Waals surface area contributed by atoms with Crippen LogP contribution in [-0.2, 0) is 22.7 Å². The molecule has 0 bridgehead atoms. The summed E-state index contributed by atoms with van der Waals surface area (Å²) < 4.78 is 2.26. The molecule has 0 aliphatic heterocycles. The van der Waals surface area contributed by atoms with Crippen molar-refractivity contribution in [2.24, 2.45) is 0 Å². The van der Waals surface area contributed by atoms with Gasteiger partial charge in [0, 0.05) is 29.1 Å². The first-order valence-electron chi connectivity index (χ1n) is 11.7. The molecule has 3 aromatic rings. The van der Waals surface area contributed by atoms with Gasteiger partial charge in [-0.05, 0) is 55.7 Å². The Bertz CT molecular complexity index is 1430.